The quantitative estimate of drug-likeness (QED) is 0.823. The minimum Gasteiger partial charge on any atom is -0.387 e. The number of halogens is 1. The van der Waals surface area contributed by atoms with Crippen LogP contribution in [-0.4, -0.2) is 24.3 Å². The summed E-state index contributed by atoms with van der Waals surface area (Å²) in [6, 6.07) is 8.46. The van der Waals surface area contributed by atoms with Gasteiger partial charge in [0.15, 0.2) is 0 Å². The molecule has 0 amide bonds. The smallest absolute Gasteiger partial charge is 0.104 e. The second-order valence-corrected chi connectivity index (χ2v) is 5.22. The molecule has 0 bridgehead atoms. The molecular formula is C12H17BrNO+. The summed E-state index contributed by atoms with van der Waals surface area (Å²) in [7, 11) is 0. The molecule has 82 valence electrons. The Morgan fingerprint density at radius 2 is 2.07 bits per heavy atom. The third kappa shape index (κ3) is 3.30. The van der Waals surface area contributed by atoms with Gasteiger partial charge in [-0.25, -0.2) is 0 Å². The van der Waals surface area contributed by atoms with Gasteiger partial charge in [0.25, 0.3) is 0 Å². The Kier molecular flexibility index (Phi) is 3.78. The predicted octanol–water partition coefficient (Wildman–Crippen LogP) is 0.989. The van der Waals surface area contributed by atoms with Crippen molar-refractivity contribution in [3.63, 3.8) is 0 Å². The van der Waals surface area contributed by atoms with Crippen LogP contribution >= 0.6 is 15.9 Å². The van der Waals surface area contributed by atoms with Crippen LogP contribution < -0.4 is 4.90 Å². The molecule has 2 rings (SSSR count). The van der Waals surface area contributed by atoms with Crippen LogP contribution in [0.2, 0.25) is 0 Å². The Morgan fingerprint density at radius 3 is 2.73 bits per heavy atom. The van der Waals surface area contributed by atoms with Crippen LogP contribution in [0.1, 0.15) is 18.4 Å². The number of aliphatic hydroxyl groups excluding tert-OH is 1. The van der Waals surface area contributed by atoms with Crippen LogP contribution in [0.3, 0.4) is 0 Å². The van der Waals surface area contributed by atoms with E-state index in [1.807, 2.05) is 0 Å². The maximum atomic E-state index is 9.57. The molecule has 15 heavy (non-hydrogen) atoms. The molecule has 1 aromatic rings. The number of hydrogen-bond donors (Lipinski definition) is 2. The van der Waals surface area contributed by atoms with Gasteiger partial charge in [-0.3, -0.25) is 0 Å². The molecule has 3 heteroatoms. The largest absolute Gasteiger partial charge is 0.387 e. The standard InChI is InChI=1S/C12H16BrNO/c13-11-5-3-10(4-6-11)8-14-7-1-2-12(15)9-14/h3-6,12,15H,1-2,7-9H2/p+1/t12-/m0/s1. The molecule has 2 nitrogen and oxygen atoms in total. The van der Waals surface area contributed by atoms with E-state index in [1.165, 1.54) is 17.0 Å². The van der Waals surface area contributed by atoms with Crippen LogP contribution in [0.15, 0.2) is 28.7 Å². The second kappa shape index (κ2) is 5.10. The minimum atomic E-state index is -0.0933. The monoisotopic (exact) mass is 270 g/mol. The number of hydrogen-bond acceptors (Lipinski definition) is 1. The van der Waals surface area contributed by atoms with Crippen molar-refractivity contribution in [2.24, 2.45) is 0 Å². The van der Waals surface area contributed by atoms with Crippen LogP contribution in [0, 0.1) is 0 Å². The van der Waals surface area contributed by atoms with Crippen molar-refractivity contribution in [3.05, 3.63) is 34.3 Å². The lowest BCUT2D eigenvalue weighted by Crippen LogP contribution is -3.12. The summed E-state index contributed by atoms with van der Waals surface area (Å²) < 4.78 is 1.12. The highest BCUT2D eigenvalue weighted by Gasteiger charge is 2.20. The fourth-order valence-electron chi connectivity index (χ4n) is 2.18. The van der Waals surface area contributed by atoms with Gasteiger partial charge in [-0.1, -0.05) is 28.1 Å². The number of quaternary nitrogens is 1. The first kappa shape index (κ1) is 11.1. The maximum absolute atomic E-state index is 9.57. The number of rotatable bonds is 2. The van der Waals surface area contributed by atoms with Gasteiger partial charge in [0.2, 0.25) is 0 Å². The van der Waals surface area contributed by atoms with Crippen molar-refractivity contribution in [1.82, 2.24) is 0 Å². The molecule has 2 atom stereocenters. The summed E-state index contributed by atoms with van der Waals surface area (Å²) in [5, 5.41) is 9.57. The molecular weight excluding hydrogens is 254 g/mol. The van der Waals surface area contributed by atoms with Gasteiger partial charge < -0.3 is 10.0 Å². The van der Waals surface area contributed by atoms with Gasteiger partial charge in [-0.05, 0) is 25.0 Å². The Bertz CT molecular complexity index is 312. The van der Waals surface area contributed by atoms with Crippen molar-refractivity contribution in [2.75, 3.05) is 13.1 Å². The van der Waals surface area contributed by atoms with E-state index in [9.17, 15) is 5.11 Å². The predicted molar refractivity (Wildman–Crippen MR) is 63.8 cm³/mol. The van der Waals surface area contributed by atoms with E-state index in [0.29, 0.717) is 0 Å². The zero-order chi connectivity index (χ0) is 10.7. The van der Waals surface area contributed by atoms with E-state index < -0.39 is 0 Å². The van der Waals surface area contributed by atoms with Gasteiger partial charge in [-0.15, -0.1) is 0 Å². The molecule has 0 saturated carbocycles. The maximum Gasteiger partial charge on any atom is 0.104 e. The lowest BCUT2D eigenvalue weighted by atomic mass is 10.1. The Morgan fingerprint density at radius 1 is 1.33 bits per heavy atom. The molecule has 1 heterocycles. The molecule has 1 aromatic carbocycles. The SMILES string of the molecule is O[C@H]1CCC[NH+](Cc2ccc(Br)cc2)C1. The number of likely N-dealkylation sites (tertiary alicyclic amines) is 1. The van der Waals surface area contributed by atoms with Crippen LogP contribution in [0.5, 0.6) is 0 Å². The molecule has 1 aliphatic rings. The van der Waals surface area contributed by atoms with Crippen LogP contribution in [-0.2, 0) is 6.54 Å². The second-order valence-electron chi connectivity index (χ2n) is 4.30. The third-order valence-corrected chi connectivity index (χ3v) is 3.49. The van der Waals surface area contributed by atoms with Crippen molar-refractivity contribution >= 4 is 15.9 Å². The Hall–Kier alpha value is -0.380. The normalized spacial score (nSPS) is 26.5. The molecule has 2 N–H and O–H groups in total. The highest BCUT2D eigenvalue weighted by atomic mass is 79.9. The fourth-order valence-corrected chi connectivity index (χ4v) is 2.44. The molecule has 1 aliphatic heterocycles. The summed E-state index contributed by atoms with van der Waals surface area (Å²) >= 11 is 3.43. The van der Waals surface area contributed by atoms with Crippen molar-refractivity contribution in [3.8, 4) is 0 Å². The molecule has 0 aromatic heterocycles. The number of benzene rings is 1. The highest BCUT2D eigenvalue weighted by molar-refractivity contribution is 9.10. The fraction of sp³-hybridized carbons (Fsp3) is 0.500. The molecule has 1 saturated heterocycles. The third-order valence-electron chi connectivity index (χ3n) is 2.96. The van der Waals surface area contributed by atoms with E-state index in [4.69, 9.17) is 0 Å². The van der Waals surface area contributed by atoms with Crippen molar-refractivity contribution in [2.45, 2.75) is 25.5 Å². The van der Waals surface area contributed by atoms with Crippen molar-refractivity contribution in [1.29, 1.82) is 0 Å². The van der Waals surface area contributed by atoms with E-state index >= 15 is 0 Å². The topological polar surface area (TPSA) is 24.7 Å². The number of nitrogens with one attached hydrogen (secondary N) is 1. The number of piperidine rings is 1. The Balaban J connectivity index is 1.93. The van der Waals surface area contributed by atoms with E-state index in [0.717, 1.165) is 30.4 Å². The zero-order valence-corrected chi connectivity index (χ0v) is 10.3. The molecule has 0 radical (unpaired) electrons. The summed E-state index contributed by atoms with van der Waals surface area (Å²) in [5.74, 6) is 0. The van der Waals surface area contributed by atoms with Gasteiger partial charge in [0.1, 0.15) is 19.2 Å². The van der Waals surface area contributed by atoms with Gasteiger partial charge in [0.05, 0.1) is 6.54 Å². The summed E-state index contributed by atoms with van der Waals surface area (Å²) in [5.41, 5.74) is 1.35. The first-order valence-corrected chi connectivity index (χ1v) is 6.29. The van der Waals surface area contributed by atoms with Crippen molar-refractivity contribution < 1.29 is 10.0 Å². The van der Waals surface area contributed by atoms with E-state index in [-0.39, 0.29) is 6.10 Å². The average molecular weight is 271 g/mol. The van der Waals surface area contributed by atoms with E-state index in [1.54, 1.807) is 0 Å². The zero-order valence-electron chi connectivity index (χ0n) is 8.75. The van der Waals surface area contributed by atoms with Crippen LogP contribution in [0.25, 0.3) is 0 Å². The number of aliphatic hydroxyl groups is 1. The van der Waals surface area contributed by atoms with Crippen LogP contribution in [0.4, 0.5) is 0 Å². The van der Waals surface area contributed by atoms with Gasteiger partial charge in [0, 0.05) is 10.0 Å². The summed E-state index contributed by atoms with van der Waals surface area (Å²) in [4.78, 5) is 1.50. The van der Waals surface area contributed by atoms with Gasteiger partial charge >= 0.3 is 0 Å². The van der Waals surface area contributed by atoms with Gasteiger partial charge in [-0.2, -0.15) is 0 Å². The molecule has 1 fully saturated rings. The van der Waals surface area contributed by atoms with E-state index in [2.05, 4.69) is 40.2 Å². The Labute approximate surface area is 99.0 Å². The summed E-state index contributed by atoms with van der Waals surface area (Å²) in [6.07, 6.45) is 2.03. The first-order chi connectivity index (χ1) is 7.24. The average Bonchev–Trinajstić information content (AvgIpc) is 2.22. The summed E-state index contributed by atoms with van der Waals surface area (Å²) in [6.45, 7) is 3.12. The lowest BCUT2D eigenvalue weighted by molar-refractivity contribution is -0.921. The first-order valence-electron chi connectivity index (χ1n) is 5.50. The lowest BCUT2D eigenvalue weighted by Gasteiger charge is -2.27. The minimum absolute atomic E-state index is 0.0933. The highest BCUT2D eigenvalue weighted by Crippen LogP contribution is 2.10. The molecule has 0 aliphatic carbocycles. The molecule has 1 unspecified atom stereocenters. The molecule has 0 spiro atoms.